The van der Waals surface area contributed by atoms with Crippen LogP contribution in [-0.4, -0.2) is 45.5 Å². The van der Waals surface area contributed by atoms with Crippen LogP contribution in [0.15, 0.2) is 21.6 Å². The average Bonchev–Trinajstić information content (AvgIpc) is 2.31. The maximum atomic E-state index is 12.0. The molecule has 0 amide bonds. The molecule has 0 unspecified atom stereocenters. The Hall–Kier alpha value is -0.210. The highest BCUT2D eigenvalue weighted by Gasteiger charge is 2.18. The van der Waals surface area contributed by atoms with Crippen LogP contribution in [0.5, 0.6) is 0 Å². The first-order valence-corrected chi connectivity index (χ1v) is 8.44. The molecule has 1 N–H and O–H groups in total. The van der Waals surface area contributed by atoms with Gasteiger partial charge < -0.3 is 4.90 Å². The van der Waals surface area contributed by atoms with E-state index in [1.807, 2.05) is 14.1 Å². The predicted molar refractivity (Wildman–Crippen MR) is 79.9 cm³/mol. The van der Waals surface area contributed by atoms with E-state index in [2.05, 4.69) is 30.5 Å². The number of rotatable bonds is 7. The van der Waals surface area contributed by atoms with Gasteiger partial charge in [0.25, 0.3) is 0 Å². The molecule has 0 saturated carbocycles. The van der Waals surface area contributed by atoms with E-state index in [-0.39, 0.29) is 10.0 Å². The van der Waals surface area contributed by atoms with Crippen molar-refractivity contribution in [1.82, 2.24) is 14.6 Å². The molecule has 5 nitrogen and oxygen atoms in total. The van der Waals surface area contributed by atoms with Gasteiger partial charge in [0.1, 0.15) is 10.0 Å². The SMILES string of the molecule is CN(C)CCCCNS(=O)(=O)c1cc(Br)cnc1Cl. The summed E-state index contributed by atoms with van der Waals surface area (Å²) >= 11 is 8.98. The molecule has 0 aromatic carbocycles. The van der Waals surface area contributed by atoms with Gasteiger partial charge in [-0.2, -0.15) is 0 Å². The zero-order valence-electron chi connectivity index (χ0n) is 10.9. The highest BCUT2D eigenvalue weighted by molar-refractivity contribution is 9.10. The van der Waals surface area contributed by atoms with Crippen molar-refractivity contribution >= 4 is 37.6 Å². The van der Waals surface area contributed by atoms with E-state index in [1.54, 1.807) is 0 Å². The maximum absolute atomic E-state index is 12.0. The number of nitrogens with one attached hydrogen (secondary N) is 1. The molecule has 0 aliphatic heterocycles. The maximum Gasteiger partial charge on any atom is 0.243 e. The van der Waals surface area contributed by atoms with Gasteiger partial charge in [0.15, 0.2) is 0 Å². The molecule has 1 heterocycles. The van der Waals surface area contributed by atoms with Gasteiger partial charge in [-0.3, -0.25) is 0 Å². The van der Waals surface area contributed by atoms with E-state index in [4.69, 9.17) is 11.6 Å². The van der Waals surface area contributed by atoms with Crippen molar-refractivity contribution in [3.63, 3.8) is 0 Å². The number of aromatic nitrogens is 1. The molecule has 8 heteroatoms. The standard InChI is InChI=1S/C11H17BrClN3O2S/c1-16(2)6-4-3-5-15-19(17,18)10-7-9(12)8-14-11(10)13/h7-8,15H,3-6H2,1-2H3. The van der Waals surface area contributed by atoms with Crippen molar-refractivity contribution in [3.8, 4) is 0 Å². The van der Waals surface area contributed by atoms with Crippen LogP contribution >= 0.6 is 27.5 Å². The summed E-state index contributed by atoms with van der Waals surface area (Å²) in [5.74, 6) is 0. The van der Waals surface area contributed by atoms with Crippen molar-refractivity contribution in [1.29, 1.82) is 0 Å². The van der Waals surface area contributed by atoms with Gasteiger partial charge in [-0.15, -0.1) is 0 Å². The van der Waals surface area contributed by atoms with Crippen LogP contribution in [0, 0.1) is 0 Å². The highest BCUT2D eigenvalue weighted by Crippen LogP contribution is 2.22. The Labute approximate surface area is 127 Å². The quantitative estimate of drug-likeness (QED) is 0.590. The third kappa shape index (κ3) is 5.74. The first-order chi connectivity index (χ1) is 8.83. The van der Waals surface area contributed by atoms with Gasteiger partial charge in [-0.25, -0.2) is 18.1 Å². The summed E-state index contributed by atoms with van der Waals surface area (Å²) in [7, 11) is 0.364. The molecule has 0 fully saturated rings. The lowest BCUT2D eigenvalue weighted by Crippen LogP contribution is -2.26. The molecule has 0 aliphatic rings. The van der Waals surface area contributed by atoms with Crippen LogP contribution in [0.3, 0.4) is 0 Å². The zero-order valence-corrected chi connectivity index (χ0v) is 14.0. The largest absolute Gasteiger partial charge is 0.309 e. The first kappa shape index (κ1) is 16.8. The minimum Gasteiger partial charge on any atom is -0.309 e. The van der Waals surface area contributed by atoms with E-state index in [0.29, 0.717) is 11.0 Å². The van der Waals surface area contributed by atoms with Crippen molar-refractivity contribution in [2.45, 2.75) is 17.7 Å². The van der Waals surface area contributed by atoms with Gasteiger partial charge >= 0.3 is 0 Å². The monoisotopic (exact) mass is 369 g/mol. The summed E-state index contributed by atoms with van der Waals surface area (Å²) in [5, 5.41) is -0.0241. The van der Waals surface area contributed by atoms with Gasteiger partial charge in [0.05, 0.1) is 0 Å². The number of hydrogen-bond acceptors (Lipinski definition) is 4. The van der Waals surface area contributed by atoms with Crippen molar-refractivity contribution < 1.29 is 8.42 Å². The Balaban J connectivity index is 2.59. The molecular weight excluding hydrogens is 354 g/mol. The van der Waals surface area contributed by atoms with Gasteiger partial charge in [0, 0.05) is 17.2 Å². The number of nitrogens with zero attached hydrogens (tertiary/aromatic N) is 2. The Morgan fingerprint density at radius 1 is 1.42 bits per heavy atom. The van der Waals surface area contributed by atoms with E-state index in [0.717, 1.165) is 19.4 Å². The molecular formula is C11H17BrClN3O2S. The summed E-state index contributed by atoms with van der Waals surface area (Å²) in [4.78, 5) is 5.86. The minimum atomic E-state index is -3.60. The van der Waals surface area contributed by atoms with Crippen LogP contribution in [0.4, 0.5) is 0 Å². The molecule has 0 atom stereocenters. The lowest BCUT2D eigenvalue weighted by Gasteiger charge is -2.10. The van der Waals surface area contributed by atoms with Crippen LogP contribution in [0.1, 0.15) is 12.8 Å². The Morgan fingerprint density at radius 3 is 2.74 bits per heavy atom. The molecule has 0 saturated heterocycles. The molecule has 0 bridgehead atoms. The smallest absolute Gasteiger partial charge is 0.243 e. The van der Waals surface area contributed by atoms with Crippen molar-refractivity contribution in [3.05, 3.63) is 21.9 Å². The van der Waals surface area contributed by atoms with Gasteiger partial charge in [-0.1, -0.05) is 11.6 Å². The second kappa shape index (κ2) is 7.54. The lowest BCUT2D eigenvalue weighted by molar-refractivity contribution is 0.394. The fourth-order valence-electron chi connectivity index (χ4n) is 1.43. The second-order valence-electron chi connectivity index (χ2n) is 4.35. The molecule has 1 rings (SSSR count). The number of sulfonamides is 1. The molecule has 108 valence electrons. The summed E-state index contributed by atoms with van der Waals surface area (Å²) in [6.45, 7) is 1.32. The van der Waals surface area contributed by atoms with Crippen molar-refractivity contribution in [2.24, 2.45) is 0 Å². The molecule has 0 spiro atoms. The molecule has 1 aromatic rings. The third-order valence-corrected chi connectivity index (χ3v) is 4.71. The fourth-order valence-corrected chi connectivity index (χ4v) is 3.45. The number of pyridine rings is 1. The number of hydrogen-bond donors (Lipinski definition) is 1. The van der Waals surface area contributed by atoms with Crippen LogP contribution < -0.4 is 4.72 Å². The van der Waals surface area contributed by atoms with Gasteiger partial charge in [-0.05, 0) is 55.5 Å². The Kier molecular flexibility index (Phi) is 6.68. The van der Waals surface area contributed by atoms with E-state index in [9.17, 15) is 8.42 Å². The first-order valence-electron chi connectivity index (χ1n) is 5.78. The lowest BCUT2D eigenvalue weighted by atomic mass is 10.3. The molecule has 19 heavy (non-hydrogen) atoms. The summed E-state index contributed by atoms with van der Waals surface area (Å²) in [5.41, 5.74) is 0. The second-order valence-corrected chi connectivity index (χ2v) is 7.36. The minimum absolute atomic E-state index is 0.00356. The average molecular weight is 371 g/mol. The van der Waals surface area contributed by atoms with Gasteiger partial charge in [0.2, 0.25) is 10.0 Å². The Bertz CT molecular complexity index is 523. The van der Waals surface area contributed by atoms with Crippen LogP contribution in [0.2, 0.25) is 5.15 Å². The number of unbranched alkanes of at least 4 members (excludes halogenated alkanes) is 1. The normalized spacial score (nSPS) is 12.1. The summed E-state index contributed by atoms with van der Waals surface area (Å²) in [6, 6.07) is 1.44. The zero-order chi connectivity index (χ0) is 14.5. The number of halogens is 2. The Morgan fingerprint density at radius 2 is 2.11 bits per heavy atom. The predicted octanol–water partition coefficient (Wildman–Crippen LogP) is 2.12. The summed E-state index contributed by atoms with van der Waals surface area (Å²) < 4.78 is 27.2. The molecule has 0 radical (unpaired) electrons. The van der Waals surface area contributed by atoms with E-state index >= 15 is 0 Å². The van der Waals surface area contributed by atoms with Crippen LogP contribution in [0.25, 0.3) is 0 Å². The summed E-state index contributed by atoms with van der Waals surface area (Å²) in [6.07, 6.45) is 3.16. The molecule has 1 aromatic heterocycles. The third-order valence-electron chi connectivity index (χ3n) is 2.39. The van der Waals surface area contributed by atoms with E-state index in [1.165, 1.54) is 12.3 Å². The topological polar surface area (TPSA) is 62.3 Å². The van der Waals surface area contributed by atoms with Crippen LogP contribution in [-0.2, 0) is 10.0 Å². The fraction of sp³-hybridized carbons (Fsp3) is 0.545. The van der Waals surface area contributed by atoms with Crippen molar-refractivity contribution in [2.75, 3.05) is 27.2 Å². The van der Waals surface area contributed by atoms with E-state index < -0.39 is 10.0 Å². The molecule has 0 aliphatic carbocycles. The highest BCUT2D eigenvalue weighted by atomic mass is 79.9.